The first kappa shape index (κ1) is 22.0. The first-order valence-corrected chi connectivity index (χ1v) is 10.4. The molecule has 0 radical (unpaired) electrons. The van der Waals surface area contributed by atoms with E-state index < -0.39 is 11.9 Å². The van der Waals surface area contributed by atoms with E-state index in [1.54, 1.807) is 37.3 Å². The van der Waals surface area contributed by atoms with Gasteiger partial charge in [0.25, 0.3) is 5.91 Å². The molecule has 0 fully saturated rings. The molecule has 0 bridgehead atoms. The van der Waals surface area contributed by atoms with Gasteiger partial charge in [0.05, 0.1) is 17.0 Å². The van der Waals surface area contributed by atoms with Gasteiger partial charge in [0.1, 0.15) is 17.4 Å². The summed E-state index contributed by atoms with van der Waals surface area (Å²) >= 11 is 0. The molecule has 2 N–H and O–H groups in total. The second-order valence-corrected chi connectivity index (χ2v) is 7.98. The van der Waals surface area contributed by atoms with Crippen LogP contribution in [0.3, 0.4) is 0 Å². The van der Waals surface area contributed by atoms with Gasteiger partial charge in [-0.2, -0.15) is 10.1 Å². The molecule has 7 heteroatoms. The lowest BCUT2D eigenvalue weighted by Gasteiger charge is -2.14. The van der Waals surface area contributed by atoms with E-state index in [1.807, 2.05) is 32.0 Å². The summed E-state index contributed by atoms with van der Waals surface area (Å²) in [4.78, 5) is 28.7. The van der Waals surface area contributed by atoms with Gasteiger partial charge >= 0.3 is 5.97 Å². The van der Waals surface area contributed by atoms with Crippen molar-refractivity contribution in [1.29, 1.82) is 0 Å². The number of anilines is 1. The first-order valence-electron chi connectivity index (χ1n) is 10.4. The van der Waals surface area contributed by atoms with Crippen LogP contribution in [0.1, 0.15) is 28.4 Å². The number of phenols is 1. The van der Waals surface area contributed by atoms with Crippen LogP contribution in [0.5, 0.6) is 5.75 Å². The van der Waals surface area contributed by atoms with Crippen LogP contribution in [0.25, 0.3) is 11.1 Å². The summed E-state index contributed by atoms with van der Waals surface area (Å²) in [7, 11) is 0. The first-order chi connectivity index (χ1) is 15.8. The molecule has 0 aromatic heterocycles. The Morgan fingerprint density at radius 2 is 1.79 bits per heavy atom. The highest BCUT2D eigenvalue weighted by atomic mass is 16.4. The minimum Gasteiger partial charge on any atom is -0.505 e. The predicted octanol–water partition coefficient (Wildman–Crippen LogP) is 5.12. The summed E-state index contributed by atoms with van der Waals surface area (Å²) in [5.41, 5.74) is 4.91. The minimum atomic E-state index is -1.05. The van der Waals surface area contributed by atoms with Crippen LogP contribution in [0.15, 0.2) is 70.8 Å². The molecule has 3 aromatic rings. The maximum atomic E-state index is 13.0. The summed E-state index contributed by atoms with van der Waals surface area (Å²) in [6, 6.07) is 17.1. The number of carboxylic acids is 1. The Morgan fingerprint density at radius 1 is 1.03 bits per heavy atom. The van der Waals surface area contributed by atoms with Gasteiger partial charge in [-0.05, 0) is 67.8 Å². The Bertz CT molecular complexity index is 1330. The van der Waals surface area contributed by atoms with E-state index >= 15 is 0 Å². The second-order valence-electron chi connectivity index (χ2n) is 7.98. The van der Waals surface area contributed by atoms with Crippen molar-refractivity contribution in [1.82, 2.24) is 0 Å². The Labute approximate surface area is 191 Å². The van der Waals surface area contributed by atoms with Gasteiger partial charge in [-0.3, -0.25) is 9.79 Å². The number of amides is 1. The van der Waals surface area contributed by atoms with Crippen LogP contribution in [0.4, 0.5) is 11.4 Å². The topological polar surface area (TPSA) is 103 Å². The molecule has 1 aliphatic heterocycles. The Balaban J connectivity index is 1.61. The molecule has 1 heterocycles. The van der Waals surface area contributed by atoms with E-state index in [9.17, 15) is 19.8 Å². The Morgan fingerprint density at radius 3 is 2.52 bits per heavy atom. The zero-order valence-electron chi connectivity index (χ0n) is 18.5. The third-order valence-corrected chi connectivity index (χ3v) is 5.72. The number of aromatic carboxylic acids is 1. The zero-order chi connectivity index (χ0) is 23.7. The number of benzene rings is 3. The van der Waals surface area contributed by atoms with Crippen molar-refractivity contribution in [3.63, 3.8) is 0 Å². The van der Waals surface area contributed by atoms with Gasteiger partial charge in [-0.1, -0.05) is 30.3 Å². The van der Waals surface area contributed by atoms with Gasteiger partial charge in [-0.15, -0.1) is 0 Å². The van der Waals surface area contributed by atoms with E-state index in [-0.39, 0.29) is 22.9 Å². The van der Waals surface area contributed by atoms with Crippen molar-refractivity contribution in [2.75, 3.05) is 5.01 Å². The molecule has 1 aliphatic rings. The van der Waals surface area contributed by atoms with Crippen LogP contribution < -0.4 is 5.01 Å². The molecule has 0 saturated heterocycles. The van der Waals surface area contributed by atoms with E-state index in [2.05, 4.69) is 10.1 Å². The fraction of sp³-hybridized carbons (Fsp3) is 0.154. The number of hydrazone groups is 1. The normalized spacial score (nSPS) is 15.8. The largest absolute Gasteiger partial charge is 0.505 e. The highest BCUT2D eigenvalue weighted by molar-refractivity contribution is 6.23. The maximum Gasteiger partial charge on any atom is 0.335 e. The summed E-state index contributed by atoms with van der Waals surface area (Å²) in [6.45, 7) is 5.76. The number of aliphatic imine (C=N–C) groups is 1. The fourth-order valence-corrected chi connectivity index (χ4v) is 3.64. The average Bonchev–Trinajstić information content (AvgIpc) is 3.08. The number of carbonyl (C=O) groups excluding carboxylic acids is 1. The number of carbonyl (C=O) groups is 2. The second kappa shape index (κ2) is 8.70. The van der Waals surface area contributed by atoms with Crippen molar-refractivity contribution in [2.45, 2.75) is 20.8 Å². The summed E-state index contributed by atoms with van der Waals surface area (Å²) < 4.78 is 0. The molecule has 33 heavy (non-hydrogen) atoms. The Kier molecular flexibility index (Phi) is 5.79. The van der Waals surface area contributed by atoms with Crippen LogP contribution in [0, 0.1) is 19.8 Å². The lowest BCUT2D eigenvalue weighted by molar-refractivity contribution is -0.118. The summed E-state index contributed by atoms with van der Waals surface area (Å²) in [5.74, 6) is -2.01. The van der Waals surface area contributed by atoms with Crippen LogP contribution in [0.2, 0.25) is 0 Å². The number of carboxylic acid groups (broad SMARTS) is 1. The molecule has 166 valence electrons. The molecule has 4 rings (SSSR count). The molecular formula is C26H23N3O4. The predicted molar refractivity (Wildman–Crippen MR) is 129 cm³/mol. The van der Waals surface area contributed by atoms with Gasteiger partial charge in [0.15, 0.2) is 0 Å². The van der Waals surface area contributed by atoms with Gasteiger partial charge < -0.3 is 10.2 Å². The molecule has 0 spiro atoms. The number of hydrogen-bond donors (Lipinski definition) is 2. The molecule has 0 saturated carbocycles. The number of nitrogens with zero attached hydrogens (tertiary/aromatic N) is 3. The fourth-order valence-electron chi connectivity index (χ4n) is 3.64. The molecule has 1 atom stereocenters. The minimum absolute atomic E-state index is 0.0951. The standard InChI is InChI=1S/C26H23N3O4/c1-15-10-11-20(12-16(15)2)29-25(31)22(17(3)28-29)14-27-23-9-5-8-21(24(23)30)18-6-4-7-19(13-18)26(32)33/h4-14,22,30H,1-3H3,(H,32,33). The molecule has 3 aromatic carbocycles. The SMILES string of the molecule is CC1=NN(c2ccc(C)c(C)c2)C(=O)C1C=Nc1cccc(-c2cccc(C(=O)O)c2)c1O. The van der Waals surface area contributed by atoms with Crippen molar-refractivity contribution >= 4 is 35.2 Å². The number of aromatic hydroxyl groups is 1. The number of phenolic OH excluding ortho intramolecular Hbond substituents is 1. The van der Waals surface area contributed by atoms with Gasteiger partial charge in [-0.25, -0.2) is 4.79 Å². The molecule has 7 nitrogen and oxygen atoms in total. The quantitative estimate of drug-likeness (QED) is 0.537. The van der Waals surface area contributed by atoms with Crippen molar-refractivity contribution < 1.29 is 19.8 Å². The number of rotatable bonds is 5. The average molecular weight is 441 g/mol. The smallest absolute Gasteiger partial charge is 0.335 e. The van der Waals surface area contributed by atoms with E-state index in [4.69, 9.17) is 0 Å². The molecule has 1 amide bonds. The third-order valence-electron chi connectivity index (χ3n) is 5.72. The van der Waals surface area contributed by atoms with E-state index in [1.165, 1.54) is 23.4 Å². The van der Waals surface area contributed by atoms with Gasteiger partial charge in [0, 0.05) is 11.8 Å². The van der Waals surface area contributed by atoms with Crippen LogP contribution in [-0.4, -0.2) is 34.0 Å². The highest BCUT2D eigenvalue weighted by Gasteiger charge is 2.33. The number of aryl methyl sites for hydroxylation is 2. The van der Waals surface area contributed by atoms with Crippen LogP contribution in [-0.2, 0) is 4.79 Å². The lowest BCUT2D eigenvalue weighted by atomic mass is 10.0. The number of para-hydroxylation sites is 1. The van der Waals surface area contributed by atoms with Crippen molar-refractivity contribution in [3.05, 3.63) is 77.4 Å². The van der Waals surface area contributed by atoms with Crippen molar-refractivity contribution in [2.24, 2.45) is 16.0 Å². The molecule has 1 unspecified atom stereocenters. The van der Waals surface area contributed by atoms with Crippen molar-refractivity contribution in [3.8, 4) is 16.9 Å². The number of hydrogen-bond acceptors (Lipinski definition) is 5. The monoisotopic (exact) mass is 441 g/mol. The Hall–Kier alpha value is -4.26. The molecular weight excluding hydrogens is 418 g/mol. The van der Waals surface area contributed by atoms with Crippen LogP contribution >= 0.6 is 0 Å². The van der Waals surface area contributed by atoms with E-state index in [0.717, 1.165) is 11.1 Å². The third kappa shape index (κ3) is 4.25. The highest BCUT2D eigenvalue weighted by Crippen LogP contribution is 2.37. The lowest BCUT2D eigenvalue weighted by Crippen LogP contribution is -2.28. The van der Waals surface area contributed by atoms with E-state index in [0.29, 0.717) is 22.5 Å². The maximum absolute atomic E-state index is 13.0. The summed E-state index contributed by atoms with van der Waals surface area (Å²) in [5, 5.41) is 25.8. The van der Waals surface area contributed by atoms with Gasteiger partial charge in [0.2, 0.25) is 0 Å². The summed E-state index contributed by atoms with van der Waals surface area (Å²) in [6.07, 6.45) is 1.48. The molecule has 0 aliphatic carbocycles. The zero-order valence-corrected chi connectivity index (χ0v) is 18.5.